The zero-order chi connectivity index (χ0) is 16.3. The van der Waals surface area contributed by atoms with Gasteiger partial charge in [0.15, 0.2) is 6.61 Å². The predicted molar refractivity (Wildman–Crippen MR) is 83.2 cm³/mol. The number of ether oxygens (including phenoxy) is 1. The van der Waals surface area contributed by atoms with E-state index < -0.39 is 7.60 Å². The molecule has 7 heteroatoms. The molecule has 122 valence electrons. The van der Waals surface area contributed by atoms with Crippen LogP contribution in [0.25, 0.3) is 0 Å². The summed E-state index contributed by atoms with van der Waals surface area (Å²) in [5.41, 5.74) is 0. The Labute approximate surface area is 130 Å². The highest BCUT2D eigenvalue weighted by molar-refractivity contribution is 7.60. The number of nitrogens with zero attached hydrogens (tertiary/aromatic N) is 1. The maximum atomic E-state index is 12.4. The van der Waals surface area contributed by atoms with Crippen LogP contribution < -0.4 is 10.0 Å². The number of para-hydroxylation sites is 1. The third-order valence-corrected chi connectivity index (χ3v) is 5.01. The summed E-state index contributed by atoms with van der Waals surface area (Å²) in [5.74, 6) is -0.0956. The first kappa shape index (κ1) is 17.0. The Hall–Kier alpha value is -1.36. The van der Waals surface area contributed by atoms with Crippen LogP contribution in [0.5, 0.6) is 5.75 Å². The molecule has 1 fully saturated rings. The van der Waals surface area contributed by atoms with E-state index in [4.69, 9.17) is 4.74 Å². The summed E-state index contributed by atoms with van der Waals surface area (Å²) in [6.07, 6.45) is 3.04. The number of rotatable bonds is 4. The van der Waals surface area contributed by atoms with Crippen LogP contribution >= 0.6 is 7.60 Å². The topological polar surface area (TPSA) is 87.1 Å². The molecular formula is C15H22NO5P. The first-order valence-electron chi connectivity index (χ1n) is 7.40. The SMILES string of the molecule is CC1CCCC(C)N1C(=O)COc1ccccc1P(=O)(O)O. The highest BCUT2D eigenvalue weighted by atomic mass is 31.2. The van der Waals surface area contributed by atoms with Crippen molar-refractivity contribution in [1.29, 1.82) is 0 Å². The molecule has 2 rings (SSSR count). The van der Waals surface area contributed by atoms with Gasteiger partial charge in [-0.25, -0.2) is 0 Å². The first-order chi connectivity index (χ1) is 10.3. The molecule has 1 aliphatic heterocycles. The van der Waals surface area contributed by atoms with Crippen molar-refractivity contribution in [2.24, 2.45) is 0 Å². The van der Waals surface area contributed by atoms with Crippen molar-refractivity contribution < 1.29 is 23.9 Å². The van der Waals surface area contributed by atoms with E-state index >= 15 is 0 Å². The van der Waals surface area contributed by atoms with Crippen LogP contribution in [0, 0.1) is 0 Å². The number of hydrogen-bond donors (Lipinski definition) is 2. The second kappa shape index (κ2) is 6.82. The number of likely N-dealkylation sites (tertiary alicyclic amines) is 1. The van der Waals surface area contributed by atoms with Gasteiger partial charge >= 0.3 is 7.60 Å². The molecule has 22 heavy (non-hydrogen) atoms. The van der Waals surface area contributed by atoms with Gasteiger partial charge in [-0.05, 0) is 45.2 Å². The molecule has 0 bridgehead atoms. The molecule has 0 radical (unpaired) electrons. The molecule has 1 saturated heterocycles. The van der Waals surface area contributed by atoms with E-state index in [2.05, 4.69) is 0 Å². The third-order valence-electron chi connectivity index (χ3n) is 4.01. The van der Waals surface area contributed by atoms with Gasteiger partial charge in [0.2, 0.25) is 0 Å². The van der Waals surface area contributed by atoms with Crippen LogP contribution in [-0.2, 0) is 9.36 Å². The minimum Gasteiger partial charge on any atom is -0.483 e. The van der Waals surface area contributed by atoms with Gasteiger partial charge in [-0.15, -0.1) is 0 Å². The molecule has 0 spiro atoms. The number of amides is 1. The molecule has 2 unspecified atom stereocenters. The van der Waals surface area contributed by atoms with E-state index in [1.165, 1.54) is 18.2 Å². The normalized spacial score (nSPS) is 22.5. The van der Waals surface area contributed by atoms with Crippen molar-refractivity contribution in [2.75, 3.05) is 6.61 Å². The average molecular weight is 327 g/mol. The van der Waals surface area contributed by atoms with E-state index in [1.54, 1.807) is 6.07 Å². The predicted octanol–water partition coefficient (Wildman–Crippen LogP) is 1.66. The Morgan fingerprint density at radius 2 is 1.86 bits per heavy atom. The number of benzene rings is 1. The molecule has 2 N–H and O–H groups in total. The Morgan fingerprint density at radius 1 is 1.27 bits per heavy atom. The van der Waals surface area contributed by atoms with Gasteiger partial charge in [0.1, 0.15) is 11.1 Å². The molecule has 1 amide bonds. The van der Waals surface area contributed by atoms with Crippen molar-refractivity contribution in [3.8, 4) is 5.75 Å². The van der Waals surface area contributed by atoms with Gasteiger partial charge in [-0.3, -0.25) is 9.36 Å². The molecule has 6 nitrogen and oxygen atoms in total. The monoisotopic (exact) mass is 327 g/mol. The van der Waals surface area contributed by atoms with Crippen LogP contribution in [0.4, 0.5) is 0 Å². The van der Waals surface area contributed by atoms with E-state index in [0.29, 0.717) is 0 Å². The van der Waals surface area contributed by atoms with E-state index in [-0.39, 0.29) is 35.7 Å². The average Bonchev–Trinajstić information content (AvgIpc) is 2.44. The minimum atomic E-state index is -4.42. The summed E-state index contributed by atoms with van der Waals surface area (Å²) < 4.78 is 16.8. The molecule has 0 aromatic heterocycles. The molecule has 0 aliphatic carbocycles. The van der Waals surface area contributed by atoms with Crippen molar-refractivity contribution in [2.45, 2.75) is 45.2 Å². The van der Waals surface area contributed by atoms with Crippen molar-refractivity contribution in [3.05, 3.63) is 24.3 Å². The second-order valence-electron chi connectivity index (χ2n) is 5.73. The summed E-state index contributed by atoms with van der Waals surface area (Å²) in [4.78, 5) is 32.8. The van der Waals surface area contributed by atoms with Crippen LogP contribution in [0.15, 0.2) is 24.3 Å². The van der Waals surface area contributed by atoms with Crippen LogP contribution in [-0.4, -0.2) is 39.3 Å². The Balaban J connectivity index is 2.07. The molecule has 1 aliphatic rings. The smallest absolute Gasteiger partial charge is 0.359 e. The Kier molecular flexibility index (Phi) is 5.27. The number of carbonyl (C=O) groups excluding carboxylic acids is 1. The highest BCUT2D eigenvalue weighted by Gasteiger charge is 2.29. The fourth-order valence-corrected chi connectivity index (χ4v) is 3.65. The Bertz CT molecular complexity index is 575. The van der Waals surface area contributed by atoms with E-state index in [1.807, 2.05) is 18.7 Å². The molecule has 1 heterocycles. The second-order valence-corrected chi connectivity index (χ2v) is 7.30. The lowest BCUT2D eigenvalue weighted by atomic mass is 9.97. The Morgan fingerprint density at radius 3 is 2.45 bits per heavy atom. The van der Waals surface area contributed by atoms with Gasteiger partial charge in [-0.1, -0.05) is 12.1 Å². The zero-order valence-electron chi connectivity index (χ0n) is 12.8. The van der Waals surface area contributed by atoms with Crippen molar-refractivity contribution in [1.82, 2.24) is 4.90 Å². The summed E-state index contributed by atoms with van der Waals surface area (Å²) in [6, 6.07) is 6.24. The summed E-state index contributed by atoms with van der Waals surface area (Å²) in [6.45, 7) is 3.81. The van der Waals surface area contributed by atoms with Gasteiger partial charge < -0.3 is 19.4 Å². The number of piperidine rings is 1. The molecule has 0 saturated carbocycles. The lowest BCUT2D eigenvalue weighted by molar-refractivity contribution is -0.139. The van der Waals surface area contributed by atoms with Gasteiger partial charge in [0.05, 0.1) is 0 Å². The number of carbonyl (C=O) groups is 1. The molecule has 2 atom stereocenters. The highest BCUT2D eigenvalue weighted by Crippen LogP contribution is 2.37. The maximum Gasteiger partial charge on any atom is 0.359 e. The minimum absolute atomic E-state index is 0.0569. The maximum absolute atomic E-state index is 12.4. The third kappa shape index (κ3) is 3.88. The summed E-state index contributed by atoms with van der Waals surface area (Å²) in [5, 5.41) is -0.192. The van der Waals surface area contributed by atoms with E-state index in [9.17, 15) is 19.1 Å². The van der Waals surface area contributed by atoms with Crippen LogP contribution in [0.3, 0.4) is 0 Å². The van der Waals surface area contributed by atoms with Gasteiger partial charge in [0.25, 0.3) is 5.91 Å². The van der Waals surface area contributed by atoms with E-state index in [0.717, 1.165) is 19.3 Å². The van der Waals surface area contributed by atoms with Crippen LogP contribution in [0.2, 0.25) is 0 Å². The van der Waals surface area contributed by atoms with Crippen molar-refractivity contribution in [3.63, 3.8) is 0 Å². The first-order valence-corrected chi connectivity index (χ1v) is 9.01. The quantitative estimate of drug-likeness (QED) is 0.821. The largest absolute Gasteiger partial charge is 0.483 e. The molecular weight excluding hydrogens is 305 g/mol. The number of hydrogen-bond acceptors (Lipinski definition) is 3. The van der Waals surface area contributed by atoms with Crippen molar-refractivity contribution >= 4 is 18.8 Å². The molecule has 1 aromatic rings. The standard InChI is InChI=1S/C15H22NO5P/c1-11-6-5-7-12(2)16(11)15(17)10-21-13-8-3-4-9-14(13)22(18,19)20/h3-4,8-9,11-12H,5-7,10H2,1-2H3,(H2,18,19,20). The van der Waals surface area contributed by atoms with Gasteiger partial charge in [0, 0.05) is 12.1 Å². The fraction of sp³-hybridized carbons (Fsp3) is 0.533. The zero-order valence-corrected chi connectivity index (χ0v) is 13.7. The summed E-state index contributed by atoms with van der Waals surface area (Å²) in [7, 11) is -4.42. The summed E-state index contributed by atoms with van der Waals surface area (Å²) >= 11 is 0. The lowest BCUT2D eigenvalue weighted by Crippen LogP contribution is -2.49. The van der Waals surface area contributed by atoms with Gasteiger partial charge in [-0.2, -0.15) is 0 Å². The lowest BCUT2D eigenvalue weighted by Gasteiger charge is -2.39. The fourth-order valence-electron chi connectivity index (χ4n) is 2.95. The van der Waals surface area contributed by atoms with Crippen LogP contribution in [0.1, 0.15) is 33.1 Å². The molecule has 1 aromatic carbocycles.